The summed E-state index contributed by atoms with van der Waals surface area (Å²) in [5, 5.41) is 2.95. The number of rotatable bonds is 11. The van der Waals surface area contributed by atoms with Crippen molar-refractivity contribution in [2.45, 2.75) is 45.5 Å². The topological polar surface area (TPSA) is 86.8 Å². The fourth-order valence-corrected chi connectivity index (χ4v) is 5.19. The molecule has 0 aliphatic heterocycles. The molecular formula is C24H27Cl3F3N3O4S. The minimum atomic E-state index is -4.78. The van der Waals surface area contributed by atoms with Crippen LogP contribution in [-0.4, -0.2) is 50.5 Å². The summed E-state index contributed by atoms with van der Waals surface area (Å²) in [4.78, 5) is 27.7. The van der Waals surface area contributed by atoms with Gasteiger partial charge in [-0.05, 0) is 48.7 Å². The van der Waals surface area contributed by atoms with Crippen LogP contribution < -0.4 is 9.62 Å². The summed E-state index contributed by atoms with van der Waals surface area (Å²) < 4.78 is 65.9. The van der Waals surface area contributed by atoms with Crippen LogP contribution in [-0.2, 0) is 32.3 Å². The summed E-state index contributed by atoms with van der Waals surface area (Å²) >= 11 is 18.3. The zero-order valence-electron chi connectivity index (χ0n) is 20.8. The maximum atomic E-state index is 13.6. The van der Waals surface area contributed by atoms with E-state index >= 15 is 0 Å². The molecule has 0 aliphatic rings. The standard InChI is InChI=1S/C24H27Cl3F3N3O4S/c1-4-10-31-23(35)20(5-2)32(13-15-6-8-17(25)12-19(15)27)22(34)14-33(38(3,36)37)21-11-16(24(28,29)30)7-9-18(21)26/h6-9,11-12,20H,4-5,10,13-14H2,1-3H3,(H,31,35). The Hall–Kier alpha value is -2.21. The molecule has 0 saturated carbocycles. The van der Waals surface area contributed by atoms with Crippen molar-refractivity contribution in [1.82, 2.24) is 10.2 Å². The zero-order chi connectivity index (χ0) is 28.8. The number of sulfonamides is 1. The van der Waals surface area contributed by atoms with Gasteiger partial charge in [0.2, 0.25) is 21.8 Å². The Morgan fingerprint density at radius 1 is 1.03 bits per heavy atom. The van der Waals surface area contributed by atoms with Crippen LogP contribution in [0.1, 0.15) is 37.8 Å². The summed E-state index contributed by atoms with van der Waals surface area (Å²) in [6.07, 6.45) is -3.25. The van der Waals surface area contributed by atoms with Crippen molar-refractivity contribution in [2.24, 2.45) is 0 Å². The lowest BCUT2D eigenvalue weighted by Crippen LogP contribution is -2.52. The number of nitrogens with one attached hydrogen (secondary N) is 1. The number of amides is 2. The minimum absolute atomic E-state index is 0.162. The predicted molar refractivity (Wildman–Crippen MR) is 143 cm³/mol. The van der Waals surface area contributed by atoms with Gasteiger partial charge in [-0.2, -0.15) is 13.2 Å². The second kappa shape index (κ2) is 13.2. The van der Waals surface area contributed by atoms with E-state index in [-0.39, 0.29) is 23.0 Å². The van der Waals surface area contributed by atoms with Gasteiger partial charge in [-0.1, -0.05) is 54.7 Å². The highest BCUT2D eigenvalue weighted by Crippen LogP contribution is 2.36. The number of carbonyl (C=O) groups excluding carboxylic acids is 2. The van der Waals surface area contributed by atoms with Crippen molar-refractivity contribution in [1.29, 1.82) is 0 Å². The van der Waals surface area contributed by atoms with Crippen LogP contribution in [0.15, 0.2) is 36.4 Å². The van der Waals surface area contributed by atoms with Crippen molar-refractivity contribution in [3.8, 4) is 0 Å². The summed E-state index contributed by atoms with van der Waals surface area (Å²) in [5.74, 6) is -1.33. The predicted octanol–water partition coefficient (Wildman–Crippen LogP) is 5.77. The first-order valence-electron chi connectivity index (χ1n) is 11.5. The fourth-order valence-electron chi connectivity index (χ4n) is 3.59. The third kappa shape index (κ3) is 8.39. The zero-order valence-corrected chi connectivity index (χ0v) is 23.9. The van der Waals surface area contributed by atoms with Gasteiger partial charge in [0.05, 0.1) is 22.5 Å². The monoisotopic (exact) mass is 615 g/mol. The van der Waals surface area contributed by atoms with E-state index in [2.05, 4.69) is 5.32 Å². The Morgan fingerprint density at radius 3 is 2.21 bits per heavy atom. The van der Waals surface area contributed by atoms with Crippen molar-refractivity contribution in [3.63, 3.8) is 0 Å². The Kier molecular flexibility index (Phi) is 11.1. The summed E-state index contributed by atoms with van der Waals surface area (Å²) in [7, 11) is -4.29. The normalized spacial score (nSPS) is 12.7. The van der Waals surface area contributed by atoms with Crippen molar-refractivity contribution >= 4 is 62.3 Å². The van der Waals surface area contributed by atoms with Crippen LogP contribution in [0, 0.1) is 0 Å². The van der Waals surface area contributed by atoms with E-state index in [9.17, 15) is 31.2 Å². The molecule has 14 heteroatoms. The number of benzene rings is 2. The Bertz CT molecular complexity index is 1280. The van der Waals surface area contributed by atoms with Gasteiger partial charge in [-0.15, -0.1) is 0 Å². The van der Waals surface area contributed by atoms with E-state index in [1.54, 1.807) is 13.0 Å². The molecule has 1 N–H and O–H groups in total. The van der Waals surface area contributed by atoms with Crippen LogP contribution in [0.3, 0.4) is 0 Å². The van der Waals surface area contributed by atoms with Gasteiger partial charge in [-0.3, -0.25) is 13.9 Å². The molecule has 2 amide bonds. The third-order valence-corrected chi connectivity index (χ3v) is 7.55. The van der Waals surface area contributed by atoms with E-state index in [4.69, 9.17) is 34.8 Å². The molecule has 0 radical (unpaired) electrons. The summed E-state index contributed by atoms with van der Waals surface area (Å²) in [6.45, 7) is 2.75. The molecule has 210 valence electrons. The quantitative estimate of drug-likeness (QED) is 0.348. The van der Waals surface area contributed by atoms with Crippen LogP contribution in [0.5, 0.6) is 0 Å². The van der Waals surface area contributed by atoms with E-state index in [1.807, 2.05) is 6.92 Å². The van der Waals surface area contributed by atoms with E-state index in [1.165, 1.54) is 12.1 Å². The Morgan fingerprint density at radius 2 is 1.68 bits per heavy atom. The molecule has 2 aromatic rings. The van der Waals surface area contributed by atoms with Crippen molar-refractivity contribution in [2.75, 3.05) is 23.7 Å². The maximum Gasteiger partial charge on any atom is 0.416 e. The second-order valence-electron chi connectivity index (χ2n) is 8.41. The number of halogens is 6. The van der Waals surface area contributed by atoms with E-state index in [0.717, 1.165) is 17.2 Å². The van der Waals surface area contributed by atoms with Crippen LogP contribution in [0.25, 0.3) is 0 Å². The van der Waals surface area contributed by atoms with Gasteiger partial charge >= 0.3 is 6.18 Å². The van der Waals surface area contributed by atoms with Crippen LogP contribution in [0.4, 0.5) is 18.9 Å². The summed E-state index contributed by atoms with van der Waals surface area (Å²) in [6, 6.07) is 5.68. The SMILES string of the molecule is CCCNC(=O)C(CC)N(Cc1ccc(Cl)cc1Cl)C(=O)CN(c1cc(C(F)(F)F)ccc1Cl)S(C)(=O)=O. The molecule has 2 rings (SSSR count). The largest absolute Gasteiger partial charge is 0.416 e. The highest BCUT2D eigenvalue weighted by atomic mass is 35.5. The first kappa shape index (κ1) is 32.0. The third-order valence-electron chi connectivity index (χ3n) is 5.51. The molecule has 0 spiro atoms. The molecule has 2 aromatic carbocycles. The van der Waals surface area contributed by atoms with Crippen LogP contribution in [0.2, 0.25) is 15.1 Å². The maximum absolute atomic E-state index is 13.6. The van der Waals surface area contributed by atoms with E-state index < -0.39 is 51.9 Å². The highest BCUT2D eigenvalue weighted by molar-refractivity contribution is 7.92. The number of nitrogens with zero attached hydrogens (tertiary/aromatic N) is 2. The van der Waals surface area contributed by atoms with Gasteiger partial charge in [0.15, 0.2) is 0 Å². The Labute approximate surface area is 234 Å². The fraction of sp³-hybridized carbons (Fsp3) is 0.417. The van der Waals surface area contributed by atoms with Gasteiger partial charge in [0.25, 0.3) is 0 Å². The number of hydrogen-bond acceptors (Lipinski definition) is 4. The molecule has 38 heavy (non-hydrogen) atoms. The second-order valence-corrected chi connectivity index (χ2v) is 11.6. The van der Waals surface area contributed by atoms with Gasteiger partial charge in [-0.25, -0.2) is 8.42 Å². The van der Waals surface area contributed by atoms with Crippen molar-refractivity contribution < 1.29 is 31.2 Å². The molecule has 0 fully saturated rings. The first-order valence-corrected chi connectivity index (χ1v) is 14.4. The molecule has 0 aliphatic carbocycles. The smallest absolute Gasteiger partial charge is 0.354 e. The average Bonchev–Trinajstić information content (AvgIpc) is 2.81. The molecule has 7 nitrogen and oxygen atoms in total. The lowest BCUT2D eigenvalue weighted by molar-refractivity contribution is -0.140. The first-order chi connectivity index (χ1) is 17.6. The minimum Gasteiger partial charge on any atom is -0.354 e. The molecule has 1 unspecified atom stereocenters. The van der Waals surface area contributed by atoms with Crippen molar-refractivity contribution in [3.05, 3.63) is 62.6 Å². The lowest BCUT2D eigenvalue weighted by Gasteiger charge is -2.33. The number of carbonyl (C=O) groups is 2. The molecule has 0 aromatic heterocycles. The molecule has 1 atom stereocenters. The Balaban J connectivity index is 2.56. The number of alkyl halides is 3. The average molecular weight is 617 g/mol. The highest BCUT2D eigenvalue weighted by Gasteiger charge is 2.35. The number of hydrogen-bond donors (Lipinski definition) is 1. The van der Waals surface area contributed by atoms with Gasteiger partial charge in [0.1, 0.15) is 12.6 Å². The molecule has 0 heterocycles. The number of anilines is 1. The molecule has 0 saturated heterocycles. The van der Waals surface area contributed by atoms with Gasteiger partial charge in [0, 0.05) is 23.1 Å². The van der Waals surface area contributed by atoms with Crippen LogP contribution >= 0.6 is 34.8 Å². The van der Waals surface area contributed by atoms with Gasteiger partial charge < -0.3 is 10.2 Å². The van der Waals surface area contributed by atoms with E-state index in [0.29, 0.717) is 40.0 Å². The molecular weight excluding hydrogens is 590 g/mol. The lowest BCUT2D eigenvalue weighted by atomic mass is 10.1. The summed E-state index contributed by atoms with van der Waals surface area (Å²) in [5.41, 5.74) is -1.24. The molecule has 0 bridgehead atoms.